The van der Waals surface area contributed by atoms with Crippen molar-refractivity contribution >= 4 is 23.5 Å². The zero-order chi connectivity index (χ0) is 19.3. The molecule has 0 heterocycles. The van der Waals surface area contributed by atoms with E-state index in [1.54, 1.807) is 18.7 Å². The van der Waals surface area contributed by atoms with E-state index in [0.29, 0.717) is 12.3 Å². The van der Waals surface area contributed by atoms with E-state index in [0.717, 1.165) is 33.6 Å². The van der Waals surface area contributed by atoms with Gasteiger partial charge in [-0.25, -0.2) is 0 Å². The number of hydrogen-bond donors (Lipinski definition) is 1. The monoisotopic (exact) mass is 369 g/mol. The number of carbonyl (C=O) groups excluding carboxylic acids is 2. The van der Waals surface area contributed by atoms with Crippen molar-refractivity contribution in [1.29, 1.82) is 0 Å². The van der Waals surface area contributed by atoms with Crippen LogP contribution in [0.15, 0.2) is 30.3 Å². The lowest BCUT2D eigenvalue weighted by molar-refractivity contribution is -0.118. The Morgan fingerprint density at radius 2 is 1.65 bits per heavy atom. The van der Waals surface area contributed by atoms with Crippen molar-refractivity contribution in [3.05, 3.63) is 69.3 Å². The number of carbonyl (C=O) groups is 2. The quantitative estimate of drug-likeness (QED) is 0.721. The van der Waals surface area contributed by atoms with Crippen LogP contribution in [0.5, 0.6) is 0 Å². The van der Waals surface area contributed by atoms with Crippen LogP contribution in [0.1, 0.15) is 50.7 Å². The first kappa shape index (κ1) is 20.2. The topological polar surface area (TPSA) is 46.2 Å². The van der Waals surface area contributed by atoms with Gasteiger partial charge >= 0.3 is 0 Å². The van der Waals surface area contributed by atoms with E-state index in [9.17, 15) is 9.59 Å². The highest BCUT2D eigenvalue weighted by Crippen LogP contribution is 2.26. The largest absolute Gasteiger partial charge is 0.351 e. The molecule has 0 saturated heterocycles. The average Bonchev–Trinajstić information content (AvgIpc) is 2.56. The first-order valence-electron chi connectivity index (χ1n) is 8.80. The van der Waals surface area contributed by atoms with Gasteiger partial charge in [-0.1, -0.05) is 35.9 Å². The lowest BCUT2D eigenvalue weighted by Gasteiger charge is -2.15. The maximum Gasteiger partial charge on any atom is 0.230 e. The molecule has 0 saturated carbocycles. The summed E-state index contributed by atoms with van der Waals surface area (Å²) in [5, 5.41) is 2.96. The lowest BCUT2D eigenvalue weighted by Crippen LogP contribution is -2.24. The van der Waals surface area contributed by atoms with Gasteiger partial charge in [0.15, 0.2) is 5.78 Å². The van der Waals surface area contributed by atoms with Gasteiger partial charge in [0.2, 0.25) is 5.91 Å². The van der Waals surface area contributed by atoms with Gasteiger partial charge in [-0.3, -0.25) is 9.59 Å². The summed E-state index contributed by atoms with van der Waals surface area (Å²) in [6.07, 6.45) is 0. The summed E-state index contributed by atoms with van der Waals surface area (Å²) >= 11 is 1.58. The van der Waals surface area contributed by atoms with E-state index in [-0.39, 0.29) is 11.7 Å². The summed E-state index contributed by atoms with van der Waals surface area (Å²) in [5.74, 6) is 1.27. The second-order valence-corrected chi connectivity index (χ2v) is 7.79. The molecule has 1 amide bonds. The minimum Gasteiger partial charge on any atom is -0.351 e. The summed E-state index contributed by atoms with van der Waals surface area (Å²) in [7, 11) is 0. The van der Waals surface area contributed by atoms with E-state index in [4.69, 9.17) is 0 Å². The highest BCUT2D eigenvalue weighted by molar-refractivity contribution is 7.99. The van der Waals surface area contributed by atoms with Gasteiger partial charge in [0.1, 0.15) is 0 Å². The van der Waals surface area contributed by atoms with Crippen molar-refractivity contribution in [2.75, 3.05) is 5.75 Å². The Morgan fingerprint density at radius 3 is 2.27 bits per heavy atom. The van der Waals surface area contributed by atoms with Crippen LogP contribution in [0.25, 0.3) is 0 Å². The molecule has 4 heteroatoms. The molecule has 0 aliphatic carbocycles. The molecule has 0 aliphatic rings. The molecule has 0 atom stereocenters. The molecule has 0 unspecified atom stereocenters. The van der Waals surface area contributed by atoms with Gasteiger partial charge in [0, 0.05) is 17.9 Å². The molecule has 2 rings (SSSR count). The molecule has 0 aromatic heterocycles. The fraction of sp³-hybridized carbons (Fsp3) is 0.364. The van der Waals surface area contributed by atoms with E-state index in [1.165, 1.54) is 11.1 Å². The number of benzene rings is 2. The van der Waals surface area contributed by atoms with Crippen LogP contribution in [0.3, 0.4) is 0 Å². The van der Waals surface area contributed by atoms with Gasteiger partial charge in [0.05, 0.1) is 5.75 Å². The first-order valence-corrected chi connectivity index (χ1v) is 9.95. The van der Waals surface area contributed by atoms with Crippen LogP contribution >= 0.6 is 11.8 Å². The molecule has 0 aliphatic heterocycles. The third-order valence-corrected chi connectivity index (χ3v) is 5.53. The Labute approximate surface area is 160 Å². The Bertz CT molecular complexity index is 810. The zero-order valence-corrected chi connectivity index (χ0v) is 17.0. The lowest BCUT2D eigenvalue weighted by atomic mass is 9.92. The summed E-state index contributed by atoms with van der Waals surface area (Å²) in [6.45, 7) is 10.3. The highest BCUT2D eigenvalue weighted by atomic mass is 32.2. The fourth-order valence-electron chi connectivity index (χ4n) is 3.19. The number of thioether (sulfide) groups is 1. The molecule has 0 radical (unpaired) electrons. The number of nitrogens with one attached hydrogen (secondary N) is 1. The fourth-order valence-corrected chi connectivity index (χ4v) is 4.23. The Morgan fingerprint density at radius 1 is 1.00 bits per heavy atom. The predicted octanol–water partition coefficient (Wildman–Crippen LogP) is 4.67. The van der Waals surface area contributed by atoms with E-state index >= 15 is 0 Å². The molecule has 0 bridgehead atoms. The van der Waals surface area contributed by atoms with Gasteiger partial charge in [-0.2, -0.15) is 0 Å². The molecular weight excluding hydrogens is 342 g/mol. The number of rotatable bonds is 7. The number of amides is 1. The molecular formula is C22H27NO2S. The van der Waals surface area contributed by atoms with Gasteiger partial charge in [-0.05, 0) is 62.4 Å². The summed E-state index contributed by atoms with van der Waals surface area (Å²) in [6, 6.07) is 10.2. The minimum atomic E-state index is 0.0322. The molecule has 3 nitrogen and oxygen atoms in total. The molecule has 26 heavy (non-hydrogen) atoms. The predicted molar refractivity (Wildman–Crippen MR) is 110 cm³/mol. The second-order valence-electron chi connectivity index (χ2n) is 6.80. The maximum absolute atomic E-state index is 12.1. The second kappa shape index (κ2) is 9.04. The van der Waals surface area contributed by atoms with Crippen molar-refractivity contribution in [3.63, 3.8) is 0 Å². The normalized spacial score (nSPS) is 10.7. The van der Waals surface area contributed by atoms with Crippen LogP contribution in [-0.4, -0.2) is 17.4 Å². The van der Waals surface area contributed by atoms with Gasteiger partial charge in [-0.15, -0.1) is 11.8 Å². The molecule has 138 valence electrons. The first-order chi connectivity index (χ1) is 12.3. The van der Waals surface area contributed by atoms with E-state index < -0.39 is 0 Å². The smallest absolute Gasteiger partial charge is 0.230 e. The maximum atomic E-state index is 12.1. The number of ketones is 1. The van der Waals surface area contributed by atoms with Crippen LogP contribution < -0.4 is 5.32 Å². The van der Waals surface area contributed by atoms with Crippen molar-refractivity contribution in [2.45, 2.75) is 46.9 Å². The van der Waals surface area contributed by atoms with Crippen molar-refractivity contribution < 1.29 is 9.59 Å². The zero-order valence-electron chi connectivity index (χ0n) is 16.2. The van der Waals surface area contributed by atoms with E-state index in [2.05, 4.69) is 18.3 Å². The number of Topliss-reactive ketones (excluding diaryl/α,β-unsaturated/α-hetero) is 1. The number of hydrogen-bond acceptors (Lipinski definition) is 3. The average molecular weight is 370 g/mol. The summed E-state index contributed by atoms with van der Waals surface area (Å²) in [5.41, 5.74) is 7.54. The van der Waals surface area contributed by atoms with E-state index in [1.807, 2.05) is 45.0 Å². The molecule has 0 fully saturated rings. The molecule has 0 spiro atoms. The van der Waals surface area contributed by atoms with Crippen molar-refractivity contribution in [1.82, 2.24) is 5.32 Å². The standard InChI is InChI=1S/C22H27NO2S/c1-14-6-8-19(9-7-14)11-23-21(25)13-26-12-20-15(2)10-16(3)22(17(20)4)18(5)24/h6-10H,11-13H2,1-5H3,(H,23,25). The highest BCUT2D eigenvalue weighted by Gasteiger charge is 2.14. The number of aryl methyl sites for hydroxylation is 3. The van der Waals surface area contributed by atoms with Crippen LogP contribution in [0.2, 0.25) is 0 Å². The van der Waals surface area contributed by atoms with Crippen molar-refractivity contribution in [3.8, 4) is 0 Å². The third kappa shape index (κ3) is 5.21. The van der Waals surface area contributed by atoms with Crippen LogP contribution in [0, 0.1) is 27.7 Å². The Kier molecular flexibility index (Phi) is 7.04. The van der Waals surface area contributed by atoms with Crippen LogP contribution in [-0.2, 0) is 17.1 Å². The van der Waals surface area contributed by atoms with Crippen LogP contribution in [0.4, 0.5) is 0 Å². The molecule has 1 N–H and O–H groups in total. The SMILES string of the molecule is CC(=O)c1c(C)cc(C)c(CSCC(=O)NCc2ccc(C)cc2)c1C. The molecule has 2 aromatic rings. The van der Waals surface area contributed by atoms with Gasteiger partial charge < -0.3 is 5.32 Å². The minimum absolute atomic E-state index is 0.0322. The van der Waals surface area contributed by atoms with Crippen molar-refractivity contribution in [2.24, 2.45) is 0 Å². The van der Waals surface area contributed by atoms with Gasteiger partial charge in [0.25, 0.3) is 0 Å². The summed E-state index contributed by atoms with van der Waals surface area (Å²) < 4.78 is 0. The summed E-state index contributed by atoms with van der Waals surface area (Å²) in [4.78, 5) is 24.0. The molecule has 2 aromatic carbocycles. The Balaban J connectivity index is 1.91. The third-order valence-electron chi connectivity index (χ3n) is 4.57. The Hall–Kier alpha value is -2.07.